The van der Waals surface area contributed by atoms with Crippen molar-refractivity contribution in [3.05, 3.63) is 53.4 Å². The van der Waals surface area contributed by atoms with Crippen LogP contribution < -0.4 is 9.64 Å². The number of unbranched alkanes of at least 4 members (excludes halogenated alkanes) is 4. The first-order chi connectivity index (χ1) is 21.0. The Kier molecular flexibility index (Phi) is 13.3. The first-order valence-corrected chi connectivity index (χ1v) is 16.5. The number of Topliss-reactive ketones (excluding diaryl/α,β-unsaturated/α-hetero) is 1. The fourth-order valence-electron chi connectivity index (χ4n) is 5.21. The van der Waals surface area contributed by atoms with Gasteiger partial charge < -0.3 is 23.9 Å². The third-order valence-corrected chi connectivity index (χ3v) is 8.57. The molecule has 2 heterocycles. The molecule has 1 aliphatic heterocycles. The molecule has 1 aliphatic rings. The Balaban J connectivity index is 1.19. The summed E-state index contributed by atoms with van der Waals surface area (Å²) in [5.41, 5.74) is 2.86. The molecule has 1 fully saturated rings. The molecule has 43 heavy (non-hydrogen) atoms. The molecule has 0 N–H and O–H groups in total. The van der Waals surface area contributed by atoms with E-state index in [9.17, 15) is 9.59 Å². The lowest BCUT2D eigenvalue weighted by atomic mass is 10.1. The smallest absolute Gasteiger partial charge is 0.494 e. The molecule has 232 valence electrons. The van der Waals surface area contributed by atoms with Gasteiger partial charge in [-0.15, -0.1) is 11.3 Å². The second kappa shape index (κ2) is 17.6. The highest BCUT2D eigenvalue weighted by atomic mass is 32.1. The predicted molar refractivity (Wildman–Crippen MR) is 175 cm³/mol. The van der Waals surface area contributed by atoms with Crippen LogP contribution in [0.1, 0.15) is 64.4 Å². The van der Waals surface area contributed by atoms with E-state index in [-0.39, 0.29) is 5.78 Å². The van der Waals surface area contributed by atoms with Crippen LogP contribution in [0.15, 0.2) is 52.8 Å². The third-order valence-electron chi connectivity index (χ3n) is 7.68. The van der Waals surface area contributed by atoms with Crippen molar-refractivity contribution in [1.82, 2.24) is 4.90 Å². The van der Waals surface area contributed by atoms with Gasteiger partial charge in [-0.1, -0.05) is 38.3 Å². The van der Waals surface area contributed by atoms with Gasteiger partial charge in [-0.2, -0.15) is 0 Å². The Morgan fingerprint density at radius 3 is 2.63 bits per heavy atom. The maximum atomic E-state index is 11.9. The summed E-state index contributed by atoms with van der Waals surface area (Å²) in [6, 6.07) is 14.5. The van der Waals surface area contributed by atoms with Gasteiger partial charge in [0.15, 0.2) is 6.40 Å². The second-order valence-corrected chi connectivity index (χ2v) is 11.9. The van der Waals surface area contributed by atoms with Crippen LogP contribution >= 0.6 is 11.3 Å². The summed E-state index contributed by atoms with van der Waals surface area (Å²) in [6.07, 6.45) is 7.41. The lowest BCUT2D eigenvalue weighted by molar-refractivity contribution is -0.116. The largest absolute Gasteiger partial charge is 0.514 e. The number of rotatable bonds is 17. The molecule has 2 aromatic carbocycles. The molecule has 0 aliphatic carbocycles. The average molecular weight is 608 g/mol. The van der Waals surface area contributed by atoms with E-state index in [0.29, 0.717) is 37.5 Å². The number of aryl methyl sites for hydroxylation is 1. The molecule has 3 aromatic rings. The minimum atomic E-state index is -0.765. The Morgan fingerprint density at radius 1 is 0.977 bits per heavy atom. The highest BCUT2D eigenvalue weighted by molar-refractivity contribution is 7.17. The van der Waals surface area contributed by atoms with Gasteiger partial charge in [-0.25, -0.2) is 9.79 Å². The van der Waals surface area contributed by atoms with Gasteiger partial charge in [0, 0.05) is 54.4 Å². The third kappa shape index (κ3) is 10.7. The van der Waals surface area contributed by atoms with E-state index in [4.69, 9.17) is 14.2 Å². The van der Waals surface area contributed by atoms with Crippen molar-refractivity contribution in [2.75, 3.05) is 50.8 Å². The number of nitrogens with zero attached hydrogens (tertiary/aromatic N) is 3. The number of anilines is 1. The van der Waals surface area contributed by atoms with E-state index in [1.807, 2.05) is 18.2 Å². The van der Waals surface area contributed by atoms with Crippen molar-refractivity contribution < 1.29 is 23.8 Å². The van der Waals surface area contributed by atoms with Crippen molar-refractivity contribution in [1.29, 1.82) is 0 Å². The Morgan fingerprint density at radius 2 is 1.81 bits per heavy atom. The highest BCUT2D eigenvalue weighted by Gasteiger charge is 2.18. The van der Waals surface area contributed by atoms with Crippen LogP contribution in [0.25, 0.3) is 10.1 Å². The highest BCUT2D eigenvalue weighted by Crippen LogP contribution is 2.31. The molecular weight excluding hydrogens is 562 g/mol. The molecule has 0 saturated carbocycles. The van der Waals surface area contributed by atoms with Crippen LogP contribution in [-0.2, 0) is 20.7 Å². The lowest BCUT2D eigenvalue weighted by Crippen LogP contribution is -2.46. The number of hydrogen-bond donors (Lipinski definition) is 0. The maximum absolute atomic E-state index is 11.9. The van der Waals surface area contributed by atoms with E-state index >= 15 is 0 Å². The number of piperazine rings is 1. The topological polar surface area (TPSA) is 80.7 Å². The van der Waals surface area contributed by atoms with Gasteiger partial charge in [0.1, 0.15) is 11.5 Å². The number of aliphatic imine (C=N–C) groups is 1. The van der Waals surface area contributed by atoms with E-state index in [1.165, 1.54) is 15.8 Å². The van der Waals surface area contributed by atoms with Crippen molar-refractivity contribution >= 4 is 51.1 Å². The number of benzene rings is 2. The second-order valence-electron chi connectivity index (χ2n) is 11.0. The Hall–Kier alpha value is -3.43. The summed E-state index contributed by atoms with van der Waals surface area (Å²) >= 11 is 1.80. The standard InChI is InChI=1S/C34H45N3O5S/c1-3-4-5-7-23-41-34(39)42-26-35-31-25-29(15-14-28(31)13-12-27(2)38)40-22-8-6-17-36-18-20-37(21-19-36)32-10-9-11-33-30(32)16-24-43-33/h9-11,14-16,24-26H,3-8,12-13,17-23H2,1-2H3/b35-26-. The molecule has 1 saturated heterocycles. The van der Waals surface area contributed by atoms with Crippen LogP contribution in [0.2, 0.25) is 0 Å². The summed E-state index contributed by atoms with van der Waals surface area (Å²) in [5, 5.41) is 3.54. The molecule has 0 radical (unpaired) electrons. The Labute approximate surface area is 259 Å². The summed E-state index contributed by atoms with van der Waals surface area (Å²) in [4.78, 5) is 32.8. The molecule has 9 heteroatoms. The van der Waals surface area contributed by atoms with Crippen molar-refractivity contribution in [3.63, 3.8) is 0 Å². The number of hydrogen-bond acceptors (Lipinski definition) is 9. The maximum Gasteiger partial charge on any atom is 0.514 e. The molecular formula is C34H45N3O5S. The monoisotopic (exact) mass is 607 g/mol. The number of thiophene rings is 1. The fraction of sp³-hybridized carbons (Fsp3) is 0.500. The number of carbonyl (C=O) groups is 2. The van der Waals surface area contributed by atoms with Gasteiger partial charge in [0.2, 0.25) is 0 Å². The number of ketones is 1. The average Bonchev–Trinajstić information content (AvgIpc) is 3.50. The molecule has 0 unspecified atom stereocenters. The van der Waals surface area contributed by atoms with Gasteiger partial charge in [0.25, 0.3) is 0 Å². The van der Waals surface area contributed by atoms with E-state index < -0.39 is 6.16 Å². The minimum absolute atomic E-state index is 0.111. The zero-order chi connectivity index (χ0) is 30.3. The zero-order valence-corrected chi connectivity index (χ0v) is 26.4. The zero-order valence-electron chi connectivity index (χ0n) is 25.6. The molecule has 0 atom stereocenters. The molecule has 0 bridgehead atoms. The van der Waals surface area contributed by atoms with Gasteiger partial charge in [-0.05, 0) is 74.4 Å². The summed E-state index contributed by atoms with van der Waals surface area (Å²) in [5.74, 6) is 0.813. The molecule has 0 spiro atoms. The lowest BCUT2D eigenvalue weighted by Gasteiger charge is -2.36. The van der Waals surface area contributed by atoms with Crippen LogP contribution in [0.3, 0.4) is 0 Å². The molecule has 4 rings (SSSR count). The van der Waals surface area contributed by atoms with Crippen molar-refractivity contribution in [2.45, 2.75) is 65.2 Å². The summed E-state index contributed by atoms with van der Waals surface area (Å²) < 4.78 is 17.5. The quantitative estimate of drug-likeness (QED) is 0.0670. The normalized spacial score (nSPS) is 14.0. The van der Waals surface area contributed by atoms with Gasteiger partial charge in [-0.3, -0.25) is 4.90 Å². The summed E-state index contributed by atoms with van der Waals surface area (Å²) in [7, 11) is 0. The van der Waals surface area contributed by atoms with Crippen LogP contribution in [0.5, 0.6) is 5.75 Å². The number of ether oxygens (including phenoxy) is 3. The van der Waals surface area contributed by atoms with Gasteiger partial charge in [0.05, 0.1) is 18.9 Å². The SMILES string of the molecule is CCCCCCOC(=O)O/C=N\c1cc(OCCCCN2CCN(c3cccc4sccc34)CC2)ccc1CCC(C)=O. The summed E-state index contributed by atoms with van der Waals surface area (Å²) in [6.45, 7) is 9.94. The molecule has 0 amide bonds. The van der Waals surface area contributed by atoms with E-state index in [0.717, 1.165) is 83.2 Å². The number of fused-ring (bicyclic) bond motifs is 1. The van der Waals surface area contributed by atoms with Crippen LogP contribution in [0, 0.1) is 0 Å². The fourth-order valence-corrected chi connectivity index (χ4v) is 6.02. The van der Waals surface area contributed by atoms with Crippen LogP contribution in [-0.4, -0.2) is 69.2 Å². The van der Waals surface area contributed by atoms with Crippen molar-refractivity contribution in [2.24, 2.45) is 4.99 Å². The number of carbonyl (C=O) groups excluding carboxylic acids is 2. The van der Waals surface area contributed by atoms with Gasteiger partial charge >= 0.3 is 6.16 Å². The minimum Gasteiger partial charge on any atom is -0.494 e. The predicted octanol–water partition coefficient (Wildman–Crippen LogP) is 7.80. The van der Waals surface area contributed by atoms with E-state index in [1.54, 1.807) is 18.3 Å². The van der Waals surface area contributed by atoms with E-state index in [2.05, 4.69) is 51.4 Å². The molecule has 8 nitrogen and oxygen atoms in total. The Bertz CT molecular complexity index is 1330. The first-order valence-electron chi connectivity index (χ1n) is 15.6. The van der Waals surface area contributed by atoms with Crippen molar-refractivity contribution in [3.8, 4) is 5.75 Å². The molecule has 1 aromatic heterocycles. The van der Waals surface area contributed by atoms with Crippen LogP contribution in [0.4, 0.5) is 16.2 Å². The first kappa shape index (κ1) is 32.5.